The van der Waals surface area contributed by atoms with Gasteiger partial charge in [0.05, 0.1) is 21.3 Å². The van der Waals surface area contributed by atoms with Crippen LogP contribution in [-0.2, 0) is 0 Å². The van der Waals surface area contributed by atoms with Gasteiger partial charge in [-0.2, -0.15) is 5.26 Å². The Morgan fingerprint density at radius 2 is 2.19 bits per heavy atom. The largest absolute Gasteiger partial charge is 0.320 e. The molecular formula is C11H9N3OS. The second kappa shape index (κ2) is 3.91. The molecule has 0 atom stereocenters. The molecule has 16 heavy (non-hydrogen) atoms. The van der Waals surface area contributed by atoms with Gasteiger partial charge in [-0.1, -0.05) is 0 Å². The second-order valence-electron chi connectivity index (χ2n) is 3.37. The maximum Gasteiger partial charge on any atom is 0.266 e. The van der Waals surface area contributed by atoms with Crippen molar-refractivity contribution in [3.8, 4) is 16.6 Å². The molecule has 0 bridgehead atoms. The van der Waals surface area contributed by atoms with E-state index in [9.17, 15) is 4.79 Å². The standard InChI is InChI=1S/C11H9N3OS/c1-6-10(16-7(2)13-6)9-4-3-8(5-12)11(15)14-9/h3-4H,1-2H3,(H,14,15). The normalized spacial score (nSPS) is 10.1. The molecule has 2 aromatic rings. The summed E-state index contributed by atoms with van der Waals surface area (Å²) in [6.07, 6.45) is 0. The highest BCUT2D eigenvalue weighted by atomic mass is 32.1. The first-order valence-corrected chi connectivity index (χ1v) is 5.51. The summed E-state index contributed by atoms with van der Waals surface area (Å²) >= 11 is 1.53. The lowest BCUT2D eigenvalue weighted by molar-refractivity contribution is 1.18. The molecule has 4 nitrogen and oxygen atoms in total. The average molecular weight is 231 g/mol. The Bertz CT molecular complexity index is 633. The molecule has 2 heterocycles. The number of H-pyrrole nitrogens is 1. The smallest absolute Gasteiger partial charge is 0.266 e. The molecule has 0 amide bonds. The molecule has 5 heteroatoms. The lowest BCUT2D eigenvalue weighted by atomic mass is 10.2. The van der Waals surface area contributed by atoms with Crippen LogP contribution >= 0.6 is 11.3 Å². The van der Waals surface area contributed by atoms with Gasteiger partial charge in [0, 0.05) is 0 Å². The van der Waals surface area contributed by atoms with Crippen LogP contribution in [0.3, 0.4) is 0 Å². The van der Waals surface area contributed by atoms with Crippen molar-refractivity contribution in [2.24, 2.45) is 0 Å². The number of rotatable bonds is 1. The third-order valence-corrected chi connectivity index (χ3v) is 3.28. The van der Waals surface area contributed by atoms with Crippen molar-refractivity contribution in [2.75, 3.05) is 0 Å². The zero-order valence-electron chi connectivity index (χ0n) is 8.87. The van der Waals surface area contributed by atoms with Crippen molar-refractivity contribution in [1.29, 1.82) is 5.26 Å². The highest BCUT2D eigenvalue weighted by molar-refractivity contribution is 7.15. The number of aryl methyl sites for hydroxylation is 2. The molecule has 0 spiro atoms. The van der Waals surface area contributed by atoms with Gasteiger partial charge in [0.1, 0.15) is 11.6 Å². The summed E-state index contributed by atoms with van der Waals surface area (Å²) < 4.78 is 0. The van der Waals surface area contributed by atoms with Crippen LogP contribution in [0.5, 0.6) is 0 Å². The summed E-state index contributed by atoms with van der Waals surface area (Å²) in [7, 11) is 0. The van der Waals surface area contributed by atoms with Crippen LogP contribution in [0.15, 0.2) is 16.9 Å². The Morgan fingerprint density at radius 1 is 1.44 bits per heavy atom. The van der Waals surface area contributed by atoms with E-state index >= 15 is 0 Å². The first kappa shape index (κ1) is 10.6. The summed E-state index contributed by atoms with van der Waals surface area (Å²) in [4.78, 5) is 19.4. The van der Waals surface area contributed by atoms with Gasteiger partial charge in [-0.25, -0.2) is 4.98 Å². The molecular weight excluding hydrogens is 222 g/mol. The Kier molecular flexibility index (Phi) is 2.59. The predicted molar refractivity (Wildman–Crippen MR) is 62.4 cm³/mol. The number of hydrogen-bond acceptors (Lipinski definition) is 4. The molecule has 80 valence electrons. The van der Waals surface area contributed by atoms with E-state index in [0.717, 1.165) is 15.6 Å². The summed E-state index contributed by atoms with van der Waals surface area (Å²) in [5.41, 5.74) is 1.38. The summed E-state index contributed by atoms with van der Waals surface area (Å²) in [6, 6.07) is 5.10. The van der Waals surface area contributed by atoms with E-state index in [4.69, 9.17) is 5.26 Å². The molecule has 0 aliphatic carbocycles. The first-order chi connectivity index (χ1) is 7.61. The molecule has 1 N–H and O–H groups in total. The number of aromatic amines is 1. The molecule has 0 saturated carbocycles. The fraction of sp³-hybridized carbons (Fsp3) is 0.182. The van der Waals surface area contributed by atoms with Crippen molar-refractivity contribution < 1.29 is 0 Å². The third kappa shape index (κ3) is 1.75. The van der Waals surface area contributed by atoms with Crippen molar-refractivity contribution in [3.63, 3.8) is 0 Å². The molecule has 2 rings (SSSR count). The Hall–Kier alpha value is -1.93. The van der Waals surface area contributed by atoms with Gasteiger partial charge >= 0.3 is 0 Å². The van der Waals surface area contributed by atoms with Crippen molar-refractivity contribution in [3.05, 3.63) is 38.8 Å². The van der Waals surface area contributed by atoms with Gasteiger partial charge in [0.15, 0.2) is 0 Å². The van der Waals surface area contributed by atoms with Gasteiger partial charge in [0.25, 0.3) is 5.56 Å². The highest BCUT2D eigenvalue weighted by Gasteiger charge is 2.09. The topological polar surface area (TPSA) is 69.5 Å². The fourth-order valence-electron chi connectivity index (χ4n) is 1.48. The second-order valence-corrected chi connectivity index (χ2v) is 4.58. The van der Waals surface area contributed by atoms with Gasteiger partial charge in [-0.05, 0) is 26.0 Å². The third-order valence-electron chi connectivity index (χ3n) is 2.18. The Labute approximate surface area is 96.2 Å². The molecule has 0 saturated heterocycles. The molecule has 0 aromatic carbocycles. The number of nitrogens with one attached hydrogen (secondary N) is 1. The SMILES string of the molecule is Cc1nc(C)c(-c2ccc(C#N)c(=O)[nH]2)s1. The number of thiazole rings is 1. The van der Waals surface area contributed by atoms with E-state index in [1.165, 1.54) is 17.4 Å². The van der Waals surface area contributed by atoms with Crippen LogP contribution in [0.2, 0.25) is 0 Å². The van der Waals surface area contributed by atoms with Crippen molar-refractivity contribution in [1.82, 2.24) is 9.97 Å². The van der Waals surface area contributed by atoms with E-state index in [1.54, 1.807) is 6.07 Å². The lowest BCUT2D eigenvalue weighted by Crippen LogP contribution is -2.09. The van der Waals surface area contributed by atoms with Crippen LogP contribution in [0.25, 0.3) is 10.6 Å². The van der Waals surface area contributed by atoms with Crippen molar-refractivity contribution in [2.45, 2.75) is 13.8 Å². The Balaban J connectivity index is 2.59. The maximum atomic E-state index is 11.5. The minimum absolute atomic E-state index is 0.127. The highest BCUT2D eigenvalue weighted by Crippen LogP contribution is 2.27. The zero-order valence-corrected chi connectivity index (χ0v) is 9.68. The van der Waals surface area contributed by atoms with Gasteiger partial charge < -0.3 is 4.98 Å². The number of hydrogen-bond donors (Lipinski definition) is 1. The summed E-state index contributed by atoms with van der Waals surface area (Å²) in [6.45, 7) is 3.82. The van der Waals surface area contributed by atoms with Crippen LogP contribution in [0.1, 0.15) is 16.3 Å². The minimum atomic E-state index is -0.356. The minimum Gasteiger partial charge on any atom is -0.320 e. The van der Waals surface area contributed by atoms with Crippen LogP contribution in [-0.4, -0.2) is 9.97 Å². The number of aromatic nitrogens is 2. The fourth-order valence-corrected chi connectivity index (χ4v) is 2.38. The Morgan fingerprint density at radius 3 is 2.69 bits per heavy atom. The average Bonchev–Trinajstić information content (AvgIpc) is 2.58. The maximum absolute atomic E-state index is 11.5. The van der Waals surface area contributed by atoms with Gasteiger partial charge in [-0.3, -0.25) is 4.79 Å². The summed E-state index contributed by atoms with van der Waals surface area (Å²) in [5.74, 6) is 0. The molecule has 0 radical (unpaired) electrons. The molecule has 0 aliphatic heterocycles. The van der Waals surface area contributed by atoms with Crippen LogP contribution < -0.4 is 5.56 Å². The van der Waals surface area contributed by atoms with Gasteiger partial charge in [-0.15, -0.1) is 11.3 Å². The molecule has 0 aliphatic rings. The van der Waals surface area contributed by atoms with Crippen molar-refractivity contribution >= 4 is 11.3 Å². The quantitative estimate of drug-likeness (QED) is 0.815. The zero-order chi connectivity index (χ0) is 11.7. The first-order valence-electron chi connectivity index (χ1n) is 4.69. The number of nitrogens with zero attached hydrogens (tertiary/aromatic N) is 2. The van der Waals surface area contributed by atoms with Crippen LogP contribution in [0.4, 0.5) is 0 Å². The van der Waals surface area contributed by atoms with E-state index in [0.29, 0.717) is 5.69 Å². The van der Waals surface area contributed by atoms with E-state index < -0.39 is 0 Å². The number of pyridine rings is 1. The molecule has 0 unspecified atom stereocenters. The van der Waals surface area contributed by atoms with E-state index in [2.05, 4.69) is 9.97 Å². The van der Waals surface area contributed by atoms with E-state index in [-0.39, 0.29) is 11.1 Å². The number of nitriles is 1. The molecule has 0 fully saturated rings. The predicted octanol–water partition coefficient (Wildman–Crippen LogP) is 1.99. The lowest BCUT2D eigenvalue weighted by Gasteiger charge is -1.98. The summed E-state index contributed by atoms with van der Waals surface area (Å²) in [5, 5.41) is 9.62. The monoisotopic (exact) mass is 231 g/mol. The van der Waals surface area contributed by atoms with Crippen LogP contribution in [0, 0.1) is 25.2 Å². The van der Waals surface area contributed by atoms with E-state index in [1.807, 2.05) is 19.9 Å². The van der Waals surface area contributed by atoms with Gasteiger partial charge in [0.2, 0.25) is 0 Å². The molecule has 2 aromatic heterocycles.